The van der Waals surface area contributed by atoms with E-state index in [9.17, 15) is 0 Å². The molecule has 0 aromatic heterocycles. The minimum absolute atomic E-state index is 0.676. The third-order valence-electron chi connectivity index (χ3n) is 3.39. The summed E-state index contributed by atoms with van der Waals surface area (Å²) < 4.78 is 0. The molecule has 1 fully saturated rings. The van der Waals surface area contributed by atoms with Crippen molar-refractivity contribution < 1.29 is 0 Å². The van der Waals surface area contributed by atoms with E-state index in [1.165, 1.54) is 51.6 Å². The van der Waals surface area contributed by atoms with E-state index >= 15 is 0 Å². The highest BCUT2D eigenvalue weighted by Gasteiger charge is 2.30. The van der Waals surface area contributed by atoms with E-state index in [4.69, 9.17) is 0 Å². The molecule has 1 atom stereocenters. The molecule has 0 saturated carbocycles. The largest absolute Gasteiger partial charge is 0.316 e. The van der Waals surface area contributed by atoms with Crippen molar-refractivity contribution in [3.8, 4) is 0 Å². The molecule has 1 saturated heterocycles. The summed E-state index contributed by atoms with van der Waals surface area (Å²) in [4.78, 5) is 0. The molecular weight excluding hydrogens is 146 g/mol. The zero-order valence-corrected chi connectivity index (χ0v) is 8.66. The molecule has 0 aromatic carbocycles. The average molecular weight is 169 g/mol. The predicted octanol–water partition coefficient (Wildman–Crippen LogP) is 2.96. The molecule has 1 N–H and O–H groups in total. The SMILES string of the molecule is CCCCCC1(CC)CCNC1. The summed E-state index contributed by atoms with van der Waals surface area (Å²) in [5.74, 6) is 0. The van der Waals surface area contributed by atoms with Gasteiger partial charge in [0.25, 0.3) is 0 Å². The molecule has 1 heteroatoms. The van der Waals surface area contributed by atoms with Gasteiger partial charge in [0, 0.05) is 6.54 Å². The maximum atomic E-state index is 3.49. The lowest BCUT2D eigenvalue weighted by atomic mass is 9.79. The Hall–Kier alpha value is -0.0400. The lowest BCUT2D eigenvalue weighted by Crippen LogP contribution is -2.22. The molecule has 1 heterocycles. The molecular formula is C11H23N. The fraction of sp³-hybridized carbons (Fsp3) is 1.00. The van der Waals surface area contributed by atoms with Crippen molar-refractivity contribution in [3.63, 3.8) is 0 Å². The fourth-order valence-electron chi connectivity index (χ4n) is 2.24. The first-order valence-electron chi connectivity index (χ1n) is 5.54. The van der Waals surface area contributed by atoms with Crippen LogP contribution in [0.3, 0.4) is 0 Å². The van der Waals surface area contributed by atoms with Gasteiger partial charge in [0.05, 0.1) is 0 Å². The van der Waals surface area contributed by atoms with Gasteiger partial charge in [-0.1, -0.05) is 33.1 Å². The zero-order valence-electron chi connectivity index (χ0n) is 8.66. The summed E-state index contributed by atoms with van der Waals surface area (Å²) in [7, 11) is 0. The Morgan fingerprint density at radius 2 is 2.08 bits per heavy atom. The van der Waals surface area contributed by atoms with E-state index < -0.39 is 0 Å². The summed E-state index contributed by atoms with van der Waals surface area (Å²) in [6.07, 6.45) is 8.43. The Kier molecular flexibility index (Phi) is 4.07. The first-order valence-corrected chi connectivity index (χ1v) is 5.54. The lowest BCUT2D eigenvalue weighted by molar-refractivity contribution is 0.273. The van der Waals surface area contributed by atoms with Crippen LogP contribution in [0.5, 0.6) is 0 Å². The number of hydrogen-bond donors (Lipinski definition) is 1. The van der Waals surface area contributed by atoms with E-state index in [0.717, 1.165) is 0 Å². The molecule has 1 aliphatic rings. The highest BCUT2D eigenvalue weighted by molar-refractivity contribution is 4.86. The van der Waals surface area contributed by atoms with E-state index in [2.05, 4.69) is 19.2 Å². The molecule has 0 radical (unpaired) electrons. The van der Waals surface area contributed by atoms with Crippen LogP contribution < -0.4 is 5.32 Å². The first-order chi connectivity index (χ1) is 5.83. The molecule has 0 bridgehead atoms. The van der Waals surface area contributed by atoms with Gasteiger partial charge in [0.1, 0.15) is 0 Å². The van der Waals surface area contributed by atoms with Crippen LogP contribution >= 0.6 is 0 Å². The first kappa shape index (κ1) is 10.0. The molecule has 1 aliphatic heterocycles. The van der Waals surface area contributed by atoms with Crippen LogP contribution in [-0.2, 0) is 0 Å². The maximum Gasteiger partial charge on any atom is 0.000818 e. The van der Waals surface area contributed by atoms with Gasteiger partial charge < -0.3 is 5.32 Å². The van der Waals surface area contributed by atoms with Crippen molar-refractivity contribution in [2.75, 3.05) is 13.1 Å². The standard InChI is InChI=1S/C11H23N/c1-3-5-6-7-11(4-2)8-9-12-10-11/h12H,3-10H2,1-2H3. The van der Waals surface area contributed by atoms with Crippen molar-refractivity contribution in [3.05, 3.63) is 0 Å². The topological polar surface area (TPSA) is 12.0 Å². The average Bonchev–Trinajstić information content (AvgIpc) is 2.55. The highest BCUT2D eigenvalue weighted by Crippen LogP contribution is 2.34. The van der Waals surface area contributed by atoms with Gasteiger partial charge in [0.2, 0.25) is 0 Å². The van der Waals surface area contributed by atoms with Gasteiger partial charge in [0.15, 0.2) is 0 Å². The van der Waals surface area contributed by atoms with Crippen molar-refractivity contribution in [1.29, 1.82) is 0 Å². The highest BCUT2D eigenvalue weighted by atomic mass is 14.9. The van der Waals surface area contributed by atoms with Crippen LogP contribution in [0.2, 0.25) is 0 Å². The minimum atomic E-state index is 0.676. The minimum Gasteiger partial charge on any atom is -0.316 e. The Morgan fingerprint density at radius 1 is 1.25 bits per heavy atom. The van der Waals surface area contributed by atoms with Crippen LogP contribution in [-0.4, -0.2) is 13.1 Å². The number of hydrogen-bond acceptors (Lipinski definition) is 1. The normalized spacial score (nSPS) is 29.5. The molecule has 12 heavy (non-hydrogen) atoms. The van der Waals surface area contributed by atoms with Gasteiger partial charge in [-0.15, -0.1) is 0 Å². The predicted molar refractivity (Wildman–Crippen MR) is 54.4 cm³/mol. The van der Waals surface area contributed by atoms with Gasteiger partial charge in [-0.05, 0) is 31.2 Å². The van der Waals surface area contributed by atoms with Gasteiger partial charge in [-0.3, -0.25) is 0 Å². The summed E-state index contributed by atoms with van der Waals surface area (Å²) in [5.41, 5.74) is 0.676. The second kappa shape index (κ2) is 4.86. The molecule has 72 valence electrons. The Labute approximate surface area is 76.9 Å². The van der Waals surface area contributed by atoms with Crippen molar-refractivity contribution >= 4 is 0 Å². The van der Waals surface area contributed by atoms with Crippen LogP contribution in [0.15, 0.2) is 0 Å². The van der Waals surface area contributed by atoms with E-state index in [0.29, 0.717) is 5.41 Å². The lowest BCUT2D eigenvalue weighted by Gasteiger charge is -2.26. The number of nitrogens with one attached hydrogen (secondary N) is 1. The van der Waals surface area contributed by atoms with Gasteiger partial charge in [-0.2, -0.15) is 0 Å². The summed E-state index contributed by atoms with van der Waals surface area (Å²) in [6, 6.07) is 0. The molecule has 1 unspecified atom stereocenters. The monoisotopic (exact) mass is 169 g/mol. The number of unbranched alkanes of at least 4 members (excludes halogenated alkanes) is 2. The van der Waals surface area contributed by atoms with Gasteiger partial charge in [-0.25, -0.2) is 0 Å². The molecule has 0 aliphatic carbocycles. The zero-order chi connectivity index (χ0) is 8.86. The van der Waals surface area contributed by atoms with Gasteiger partial charge >= 0.3 is 0 Å². The van der Waals surface area contributed by atoms with E-state index in [1.807, 2.05) is 0 Å². The molecule has 0 aromatic rings. The van der Waals surface area contributed by atoms with Crippen LogP contribution in [0, 0.1) is 5.41 Å². The Bertz CT molecular complexity index is 114. The van der Waals surface area contributed by atoms with Crippen LogP contribution in [0.25, 0.3) is 0 Å². The van der Waals surface area contributed by atoms with Crippen molar-refractivity contribution in [2.24, 2.45) is 5.41 Å². The summed E-state index contributed by atoms with van der Waals surface area (Å²) in [6.45, 7) is 7.15. The van der Waals surface area contributed by atoms with Crippen LogP contribution in [0.1, 0.15) is 52.4 Å². The van der Waals surface area contributed by atoms with E-state index in [-0.39, 0.29) is 0 Å². The quantitative estimate of drug-likeness (QED) is 0.624. The molecule has 0 spiro atoms. The van der Waals surface area contributed by atoms with Crippen molar-refractivity contribution in [1.82, 2.24) is 5.32 Å². The smallest absolute Gasteiger partial charge is 0.000818 e. The molecule has 1 nitrogen and oxygen atoms in total. The summed E-state index contributed by atoms with van der Waals surface area (Å²) in [5, 5.41) is 3.49. The second-order valence-electron chi connectivity index (χ2n) is 4.24. The fourth-order valence-corrected chi connectivity index (χ4v) is 2.24. The van der Waals surface area contributed by atoms with E-state index in [1.54, 1.807) is 0 Å². The third kappa shape index (κ3) is 2.48. The number of rotatable bonds is 5. The molecule has 0 amide bonds. The Morgan fingerprint density at radius 3 is 2.58 bits per heavy atom. The van der Waals surface area contributed by atoms with Crippen molar-refractivity contribution in [2.45, 2.75) is 52.4 Å². The second-order valence-corrected chi connectivity index (χ2v) is 4.24. The van der Waals surface area contributed by atoms with Crippen LogP contribution in [0.4, 0.5) is 0 Å². The Balaban J connectivity index is 2.24. The summed E-state index contributed by atoms with van der Waals surface area (Å²) >= 11 is 0. The maximum absolute atomic E-state index is 3.49. The third-order valence-corrected chi connectivity index (χ3v) is 3.39. The molecule has 1 rings (SSSR count).